The molecule has 1 unspecified atom stereocenters. The highest BCUT2D eigenvalue weighted by Gasteiger charge is 2.33. The smallest absolute Gasteiger partial charge is 0.264 e. The number of rotatable bonds is 10. The summed E-state index contributed by atoms with van der Waals surface area (Å²) in [4.78, 5) is 23.6. The Hall–Kier alpha value is -3.12. The first-order valence-electron chi connectivity index (χ1n) is 12.5. The largest absolute Gasteiger partial charge is 0.487 e. The Kier molecular flexibility index (Phi) is 8.85. The fourth-order valence-electron chi connectivity index (χ4n) is 4.48. The summed E-state index contributed by atoms with van der Waals surface area (Å²) in [7, 11) is -3.96. The number of sulfonamides is 1. The highest BCUT2D eigenvalue weighted by Crippen LogP contribution is 2.42. The third-order valence-corrected chi connectivity index (χ3v) is 8.31. The summed E-state index contributed by atoms with van der Waals surface area (Å²) in [6, 6.07) is -0.694. The highest BCUT2D eigenvalue weighted by molar-refractivity contribution is 7.90. The molecule has 11 nitrogen and oxygen atoms in total. The van der Waals surface area contributed by atoms with Gasteiger partial charge in [0.2, 0.25) is 11.9 Å². The molecule has 37 heavy (non-hydrogen) atoms. The van der Waals surface area contributed by atoms with Crippen molar-refractivity contribution in [3.05, 3.63) is 40.5 Å². The van der Waals surface area contributed by atoms with Gasteiger partial charge in [0.15, 0.2) is 0 Å². The second kappa shape index (κ2) is 11.5. The zero-order chi connectivity index (χ0) is 27.4. The number of amides is 1. The highest BCUT2D eigenvalue weighted by atomic mass is 32.2. The third-order valence-electron chi connectivity index (χ3n) is 6.68. The summed E-state index contributed by atoms with van der Waals surface area (Å²) >= 11 is 0. The molecular formula is C25H39N7O4S. The monoisotopic (exact) mass is 533 g/mol. The van der Waals surface area contributed by atoms with E-state index in [4.69, 9.17) is 16.2 Å². The summed E-state index contributed by atoms with van der Waals surface area (Å²) in [5.41, 5.74) is 14.6. The lowest BCUT2D eigenvalue weighted by Crippen LogP contribution is -2.41. The normalized spacial score (nSPS) is 16.0. The van der Waals surface area contributed by atoms with Crippen molar-refractivity contribution in [2.75, 3.05) is 13.1 Å². The van der Waals surface area contributed by atoms with Gasteiger partial charge in [-0.3, -0.25) is 9.79 Å². The Morgan fingerprint density at radius 3 is 2.68 bits per heavy atom. The second-order valence-corrected chi connectivity index (χ2v) is 11.7. The van der Waals surface area contributed by atoms with E-state index in [1.165, 1.54) is 0 Å². The molecule has 1 aromatic carbocycles. The molecule has 7 N–H and O–H groups in total. The van der Waals surface area contributed by atoms with Crippen LogP contribution in [-0.4, -0.2) is 55.0 Å². The van der Waals surface area contributed by atoms with Crippen LogP contribution in [0.4, 0.5) is 0 Å². The number of hydrogen-bond donors (Lipinski definition) is 5. The van der Waals surface area contributed by atoms with Crippen LogP contribution in [0.1, 0.15) is 61.2 Å². The molecule has 3 rings (SSSR count). The zero-order valence-corrected chi connectivity index (χ0v) is 23.1. The molecule has 0 fully saturated rings. The van der Waals surface area contributed by atoms with Crippen molar-refractivity contribution in [1.29, 1.82) is 0 Å². The summed E-state index contributed by atoms with van der Waals surface area (Å²) in [5, 5.41) is 2.78. The van der Waals surface area contributed by atoms with E-state index >= 15 is 0 Å². The average molecular weight is 534 g/mol. The van der Waals surface area contributed by atoms with Crippen LogP contribution in [0, 0.1) is 20.8 Å². The maximum atomic E-state index is 13.3. The van der Waals surface area contributed by atoms with Gasteiger partial charge >= 0.3 is 0 Å². The van der Waals surface area contributed by atoms with E-state index in [9.17, 15) is 13.2 Å². The molecule has 1 atom stereocenters. The molecule has 204 valence electrons. The SMILES string of the molecule is Cc1c(C)c(S(=O)(=O)NC(N)=NCCCC(N)C(=O)NCCc2ncc[nH]2)c(C)c2c1OC(C)(C)CC2. The van der Waals surface area contributed by atoms with Crippen LogP contribution >= 0.6 is 0 Å². The molecule has 0 saturated carbocycles. The molecule has 0 bridgehead atoms. The Morgan fingerprint density at radius 1 is 1.27 bits per heavy atom. The zero-order valence-electron chi connectivity index (χ0n) is 22.3. The number of hydrogen-bond acceptors (Lipinski definition) is 7. The lowest BCUT2D eigenvalue weighted by molar-refractivity contribution is -0.122. The number of H-pyrrole nitrogens is 1. The van der Waals surface area contributed by atoms with E-state index in [0.717, 1.165) is 35.5 Å². The van der Waals surface area contributed by atoms with Crippen molar-refractivity contribution >= 4 is 21.9 Å². The molecule has 0 aliphatic carbocycles. The fourth-order valence-corrected chi connectivity index (χ4v) is 6.01. The van der Waals surface area contributed by atoms with Gasteiger partial charge in [0.25, 0.3) is 10.0 Å². The van der Waals surface area contributed by atoms with Crippen LogP contribution in [0.15, 0.2) is 22.3 Å². The van der Waals surface area contributed by atoms with Gasteiger partial charge in [-0.1, -0.05) is 0 Å². The Bertz CT molecular complexity index is 1250. The molecule has 1 aliphatic rings. The number of benzene rings is 1. The van der Waals surface area contributed by atoms with Gasteiger partial charge in [0.1, 0.15) is 17.2 Å². The van der Waals surface area contributed by atoms with Crippen LogP contribution < -0.4 is 26.2 Å². The molecule has 0 saturated heterocycles. The number of nitrogens with zero attached hydrogens (tertiary/aromatic N) is 2. The maximum Gasteiger partial charge on any atom is 0.264 e. The lowest BCUT2D eigenvalue weighted by Gasteiger charge is -2.35. The van der Waals surface area contributed by atoms with E-state index in [1.807, 2.05) is 20.8 Å². The number of ether oxygens (including phenoxy) is 1. The second-order valence-electron chi connectivity index (χ2n) is 10.1. The number of aliphatic imine (C=N–C) groups is 1. The summed E-state index contributed by atoms with van der Waals surface area (Å²) in [6.07, 6.45) is 6.34. The molecule has 2 aromatic rings. The minimum atomic E-state index is -3.96. The van der Waals surface area contributed by atoms with Gasteiger partial charge in [-0.2, -0.15) is 0 Å². The topological polar surface area (TPSA) is 178 Å². The van der Waals surface area contributed by atoms with Crippen LogP contribution in [0.5, 0.6) is 5.75 Å². The van der Waals surface area contributed by atoms with Crippen molar-refractivity contribution in [2.45, 2.75) is 83.3 Å². The number of carbonyl (C=O) groups excluding carboxylic acids is 1. The quantitative estimate of drug-likeness (QED) is 0.174. The van der Waals surface area contributed by atoms with Gasteiger partial charge in [-0.25, -0.2) is 18.1 Å². The molecule has 0 radical (unpaired) electrons. The standard InChI is InChI=1S/C25H39N7O4S/c1-15-16(2)22(17(3)18-8-10-25(4,5)36-21(15)18)37(34,35)32-24(27)31-11-6-7-19(26)23(33)30-12-9-20-28-13-14-29-20/h13-14,19H,6-12,26H2,1-5H3,(H,28,29)(H,30,33)(H3,27,31,32). The molecule has 2 heterocycles. The molecule has 12 heteroatoms. The number of fused-ring (bicyclic) bond motifs is 1. The van der Waals surface area contributed by atoms with E-state index in [1.54, 1.807) is 26.2 Å². The van der Waals surface area contributed by atoms with E-state index in [0.29, 0.717) is 36.9 Å². The molecule has 1 aromatic heterocycles. The summed E-state index contributed by atoms with van der Waals surface area (Å²) in [6.45, 7) is 10.2. The van der Waals surface area contributed by atoms with Crippen molar-refractivity contribution in [1.82, 2.24) is 20.0 Å². The van der Waals surface area contributed by atoms with Crippen LogP contribution in [0.2, 0.25) is 0 Å². The number of aromatic amines is 1. The number of aromatic nitrogens is 2. The molecule has 0 spiro atoms. The predicted molar refractivity (Wildman–Crippen MR) is 143 cm³/mol. The minimum Gasteiger partial charge on any atom is -0.487 e. The first kappa shape index (κ1) is 28.5. The third kappa shape index (κ3) is 7.01. The van der Waals surface area contributed by atoms with Gasteiger partial charge in [-0.05, 0) is 82.6 Å². The van der Waals surface area contributed by atoms with Gasteiger partial charge in [-0.15, -0.1) is 0 Å². The van der Waals surface area contributed by atoms with Crippen molar-refractivity contribution < 1.29 is 17.9 Å². The van der Waals surface area contributed by atoms with Gasteiger partial charge in [0, 0.05) is 31.9 Å². The number of nitrogens with one attached hydrogen (secondary N) is 3. The predicted octanol–water partition coefficient (Wildman–Crippen LogP) is 1.50. The molecular weight excluding hydrogens is 494 g/mol. The van der Waals surface area contributed by atoms with E-state index < -0.39 is 16.1 Å². The average Bonchev–Trinajstić information content (AvgIpc) is 3.32. The number of nitrogens with two attached hydrogens (primary N) is 2. The van der Waals surface area contributed by atoms with Crippen LogP contribution in [0.3, 0.4) is 0 Å². The van der Waals surface area contributed by atoms with Crippen LogP contribution in [0.25, 0.3) is 0 Å². The van der Waals surface area contributed by atoms with Crippen molar-refractivity contribution in [2.24, 2.45) is 16.5 Å². The molecule has 1 amide bonds. The van der Waals surface area contributed by atoms with E-state index in [-0.39, 0.29) is 28.9 Å². The summed E-state index contributed by atoms with van der Waals surface area (Å²) < 4.78 is 35.1. The van der Waals surface area contributed by atoms with Crippen molar-refractivity contribution in [3.63, 3.8) is 0 Å². The fraction of sp³-hybridized carbons (Fsp3) is 0.560. The van der Waals surface area contributed by atoms with Crippen molar-refractivity contribution in [3.8, 4) is 5.75 Å². The Labute approximate surface area is 218 Å². The maximum absolute atomic E-state index is 13.3. The Morgan fingerprint density at radius 2 is 2.00 bits per heavy atom. The van der Waals surface area contributed by atoms with Gasteiger partial charge < -0.3 is 26.5 Å². The molecule has 1 aliphatic heterocycles. The first-order valence-corrected chi connectivity index (χ1v) is 14.0. The minimum absolute atomic E-state index is 0.206. The summed E-state index contributed by atoms with van der Waals surface area (Å²) in [5.74, 6) is 1.09. The number of imidazole rings is 1. The number of guanidine groups is 1. The lowest BCUT2D eigenvalue weighted by atomic mass is 9.88. The van der Waals surface area contributed by atoms with Gasteiger partial charge in [0.05, 0.1) is 10.9 Å². The Balaban J connectivity index is 1.56. The number of carbonyl (C=O) groups is 1. The van der Waals surface area contributed by atoms with Crippen LogP contribution in [-0.2, 0) is 27.7 Å². The first-order chi connectivity index (χ1) is 17.3. The van der Waals surface area contributed by atoms with E-state index in [2.05, 4.69) is 25.0 Å².